The first-order valence-corrected chi connectivity index (χ1v) is 5.75. The minimum absolute atomic E-state index is 0.284. The van der Waals surface area contributed by atoms with Gasteiger partial charge in [0.05, 0.1) is 13.2 Å². The van der Waals surface area contributed by atoms with Gasteiger partial charge in [-0.25, -0.2) is 0 Å². The summed E-state index contributed by atoms with van der Waals surface area (Å²) in [6.45, 7) is 8.01. The lowest BCUT2D eigenvalue weighted by Gasteiger charge is -2.39. The second-order valence-electron chi connectivity index (χ2n) is 4.29. The molecule has 2 N–H and O–H groups in total. The molecule has 3 nitrogen and oxygen atoms in total. The van der Waals surface area contributed by atoms with Gasteiger partial charge in [-0.2, -0.15) is 0 Å². The molecule has 1 unspecified atom stereocenters. The number of hydrogen-bond acceptors (Lipinski definition) is 3. The average Bonchev–Trinajstić information content (AvgIpc) is 2.57. The normalized spacial score (nSPS) is 31.3. The standard InChI is InChI=1S/C9H18N2O.C2H6/c1-11-4-2-9(3-5-11)7-12-6-8(9)10;1-2/h8H,2-7,10H2,1H3;1-2H3. The lowest BCUT2D eigenvalue weighted by Crippen LogP contribution is -2.48. The third kappa shape index (κ3) is 2.27. The predicted molar refractivity (Wildman–Crippen MR) is 59.3 cm³/mol. The number of ether oxygens (including phenoxy) is 1. The topological polar surface area (TPSA) is 38.5 Å². The summed E-state index contributed by atoms with van der Waals surface area (Å²) in [7, 11) is 2.17. The molecule has 0 aromatic rings. The Morgan fingerprint density at radius 1 is 1.29 bits per heavy atom. The van der Waals surface area contributed by atoms with Crippen molar-refractivity contribution >= 4 is 0 Å². The Morgan fingerprint density at radius 3 is 2.29 bits per heavy atom. The first-order valence-electron chi connectivity index (χ1n) is 5.75. The highest BCUT2D eigenvalue weighted by molar-refractivity contribution is 4.96. The summed E-state index contributed by atoms with van der Waals surface area (Å²) in [4.78, 5) is 2.37. The van der Waals surface area contributed by atoms with E-state index in [0.717, 1.165) is 13.2 Å². The maximum absolute atomic E-state index is 6.05. The summed E-state index contributed by atoms with van der Waals surface area (Å²) in [6, 6.07) is 0.284. The van der Waals surface area contributed by atoms with E-state index in [1.807, 2.05) is 13.8 Å². The lowest BCUT2D eigenvalue weighted by atomic mass is 9.75. The van der Waals surface area contributed by atoms with Gasteiger partial charge in [-0.15, -0.1) is 0 Å². The molecule has 1 atom stereocenters. The highest BCUT2D eigenvalue weighted by Gasteiger charge is 2.43. The molecule has 2 fully saturated rings. The molecular formula is C11H24N2O. The van der Waals surface area contributed by atoms with Crippen molar-refractivity contribution in [1.82, 2.24) is 4.90 Å². The van der Waals surface area contributed by atoms with Crippen LogP contribution in [0.2, 0.25) is 0 Å². The highest BCUT2D eigenvalue weighted by atomic mass is 16.5. The van der Waals surface area contributed by atoms with Crippen LogP contribution in [-0.2, 0) is 4.74 Å². The number of nitrogens with zero attached hydrogens (tertiary/aromatic N) is 1. The molecule has 0 aromatic carbocycles. The molecule has 0 bridgehead atoms. The molecule has 0 radical (unpaired) electrons. The molecule has 14 heavy (non-hydrogen) atoms. The van der Waals surface area contributed by atoms with Crippen LogP contribution in [0.4, 0.5) is 0 Å². The summed E-state index contributed by atoms with van der Waals surface area (Å²) in [6.07, 6.45) is 2.43. The Bertz CT molecular complexity index is 165. The van der Waals surface area contributed by atoms with E-state index in [1.165, 1.54) is 25.9 Å². The zero-order chi connectivity index (χ0) is 10.6. The van der Waals surface area contributed by atoms with Crippen molar-refractivity contribution in [1.29, 1.82) is 0 Å². The molecule has 2 saturated heterocycles. The Kier molecular flexibility index (Phi) is 4.35. The van der Waals surface area contributed by atoms with Crippen LogP contribution in [0.1, 0.15) is 26.7 Å². The van der Waals surface area contributed by atoms with Gasteiger partial charge in [0.15, 0.2) is 0 Å². The summed E-state index contributed by atoms with van der Waals surface area (Å²) < 4.78 is 5.44. The van der Waals surface area contributed by atoms with E-state index in [4.69, 9.17) is 10.5 Å². The molecular weight excluding hydrogens is 176 g/mol. The quantitative estimate of drug-likeness (QED) is 0.636. The van der Waals surface area contributed by atoms with Crippen LogP contribution in [-0.4, -0.2) is 44.3 Å². The fraction of sp³-hybridized carbons (Fsp3) is 1.00. The molecule has 2 aliphatic heterocycles. The second-order valence-corrected chi connectivity index (χ2v) is 4.29. The maximum atomic E-state index is 6.05. The summed E-state index contributed by atoms with van der Waals surface area (Å²) in [5, 5.41) is 0. The van der Waals surface area contributed by atoms with Gasteiger partial charge < -0.3 is 15.4 Å². The van der Waals surface area contributed by atoms with Gasteiger partial charge >= 0.3 is 0 Å². The van der Waals surface area contributed by atoms with Crippen molar-refractivity contribution < 1.29 is 4.74 Å². The first kappa shape index (κ1) is 12.0. The molecule has 1 spiro atoms. The number of hydrogen-bond donors (Lipinski definition) is 1. The number of nitrogens with two attached hydrogens (primary N) is 1. The number of rotatable bonds is 0. The monoisotopic (exact) mass is 200 g/mol. The summed E-state index contributed by atoms with van der Waals surface area (Å²) in [5.74, 6) is 0. The minimum Gasteiger partial charge on any atom is -0.379 e. The van der Waals surface area contributed by atoms with Crippen molar-refractivity contribution in [3.05, 3.63) is 0 Å². The Labute approximate surface area is 87.6 Å². The van der Waals surface area contributed by atoms with Crippen LogP contribution in [0.25, 0.3) is 0 Å². The average molecular weight is 200 g/mol. The molecule has 3 heteroatoms. The largest absolute Gasteiger partial charge is 0.379 e. The van der Waals surface area contributed by atoms with Gasteiger partial charge in [-0.1, -0.05) is 13.8 Å². The van der Waals surface area contributed by atoms with E-state index < -0.39 is 0 Å². The molecule has 2 rings (SSSR count). The fourth-order valence-corrected chi connectivity index (χ4v) is 2.25. The van der Waals surface area contributed by atoms with Crippen LogP contribution in [0.15, 0.2) is 0 Å². The lowest BCUT2D eigenvalue weighted by molar-refractivity contribution is 0.0873. The molecule has 84 valence electrons. The molecule has 0 amide bonds. The zero-order valence-corrected chi connectivity index (χ0v) is 9.75. The van der Waals surface area contributed by atoms with Crippen LogP contribution in [0.5, 0.6) is 0 Å². The SMILES string of the molecule is CC.CN1CCC2(CC1)COCC2N. The van der Waals surface area contributed by atoms with Gasteiger partial charge in [0.1, 0.15) is 0 Å². The molecule has 0 aliphatic carbocycles. The highest BCUT2D eigenvalue weighted by Crippen LogP contribution is 2.37. The minimum atomic E-state index is 0.284. The maximum Gasteiger partial charge on any atom is 0.0624 e. The number of piperidine rings is 1. The van der Waals surface area contributed by atoms with E-state index in [0.29, 0.717) is 5.41 Å². The molecule has 2 heterocycles. The van der Waals surface area contributed by atoms with Crippen LogP contribution in [0.3, 0.4) is 0 Å². The van der Waals surface area contributed by atoms with Crippen molar-refractivity contribution in [2.24, 2.45) is 11.1 Å². The fourth-order valence-electron chi connectivity index (χ4n) is 2.25. The summed E-state index contributed by atoms with van der Waals surface area (Å²) in [5.41, 5.74) is 6.37. The van der Waals surface area contributed by atoms with Crippen molar-refractivity contribution in [2.45, 2.75) is 32.7 Å². The van der Waals surface area contributed by atoms with Crippen LogP contribution in [0, 0.1) is 5.41 Å². The van der Waals surface area contributed by atoms with Crippen LogP contribution >= 0.6 is 0 Å². The van der Waals surface area contributed by atoms with Gasteiger partial charge in [0, 0.05) is 11.5 Å². The van der Waals surface area contributed by atoms with E-state index >= 15 is 0 Å². The van der Waals surface area contributed by atoms with Crippen LogP contribution < -0.4 is 5.73 Å². The smallest absolute Gasteiger partial charge is 0.0624 e. The summed E-state index contributed by atoms with van der Waals surface area (Å²) >= 11 is 0. The number of likely N-dealkylation sites (tertiary alicyclic amines) is 1. The van der Waals surface area contributed by atoms with Crippen molar-refractivity contribution in [3.63, 3.8) is 0 Å². The first-order chi connectivity index (χ1) is 6.73. The third-order valence-electron chi connectivity index (χ3n) is 3.46. The molecule has 0 saturated carbocycles. The molecule has 0 aromatic heterocycles. The Balaban J connectivity index is 0.000000461. The Morgan fingerprint density at radius 2 is 1.86 bits per heavy atom. The van der Waals surface area contributed by atoms with E-state index in [9.17, 15) is 0 Å². The van der Waals surface area contributed by atoms with E-state index in [2.05, 4.69) is 11.9 Å². The van der Waals surface area contributed by atoms with Crippen molar-refractivity contribution in [2.75, 3.05) is 33.4 Å². The Hall–Kier alpha value is -0.120. The van der Waals surface area contributed by atoms with Gasteiger partial charge in [0.2, 0.25) is 0 Å². The van der Waals surface area contributed by atoms with Crippen molar-refractivity contribution in [3.8, 4) is 0 Å². The zero-order valence-electron chi connectivity index (χ0n) is 9.75. The van der Waals surface area contributed by atoms with Gasteiger partial charge in [0.25, 0.3) is 0 Å². The third-order valence-corrected chi connectivity index (χ3v) is 3.46. The van der Waals surface area contributed by atoms with E-state index in [1.54, 1.807) is 0 Å². The van der Waals surface area contributed by atoms with E-state index in [-0.39, 0.29) is 6.04 Å². The molecule has 2 aliphatic rings. The second kappa shape index (κ2) is 5.10. The van der Waals surface area contributed by atoms with Gasteiger partial charge in [-0.3, -0.25) is 0 Å². The predicted octanol–water partition coefficient (Wildman–Crippen LogP) is 1.08. The van der Waals surface area contributed by atoms with Gasteiger partial charge in [-0.05, 0) is 33.0 Å².